The molecule has 0 bridgehead atoms. The maximum absolute atomic E-state index is 12.6. The number of urea groups is 1. The van der Waals surface area contributed by atoms with Crippen LogP contribution in [0.4, 0.5) is 4.79 Å². The molecule has 0 aliphatic carbocycles. The van der Waals surface area contributed by atoms with Gasteiger partial charge in [-0.05, 0) is 26.9 Å². The number of aliphatic hydroxyl groups excluding tert-OH is 1. The molecule has 0 radical (unpaired) electrons. The molecule has 0 spiro atoms. The van der Waals surface area contributed by atoms with Crippen LogP contribution in [0.2, 0.25) is 0 Å². The molecule has 0 aromatic heterocycles. The number of carbonyl (C=O) groups excluding carboxylic acids is 1. The van der Waals surface area contributed by atoms with Crippen molar-refractivity contribution in [1.82, 2.24) is 14.7 Å². The summed E-state index contributed by atoms with van der Waals surface area (Å²) in [6, 6.07) is -1.03. The number of aliphatic hydroxyl groups is 1. The first-order valence-corrected chi connectivity index (χ1v) is 7.03. The molecule has 2 saturated heterocycles. The first-order valence-electron chi connectivity index (χ1n) is 7.03. The van der Waals surface area contributed by atoms with Gasteiger partial charge >= 0.3 is 12.0 Å². The number of likely N-dealkylation sites (N-methyl/N-ethyl adjacent to an activating group) is 1. The van der Waals surface area contributed by atoms with E-state index in [0.29, 0.717) is 6.54 Å². The van der Waals surface area contributed by atoms with E-state index in [9.17, 15) is 19.8 Å². The molecule has 1 unspecified atom stereocenters. The number of nitrogens with zero attached hydrogens (tertiary/aromatic N) is 3. The molecule has 2 fully saturated rings. The largest absolute Gasteiger partial charge is 0.480 e. The summed E-state index contributed by atoms with van der Waals surface area (Å²) in [7, 11) is 3.92. The Morgan fingerprint density at radius 1 is 1.30 bits per heavy atom. The fraction of sp³-hybridized carbons (Fsp3) is 0.846. The van der Waals surface area contributed by atoms with Gasteiger partial charge in [0.15, 0.2) is 0 Å². The van der Waals surface area contributed by atoms with Gasteiger partial charge in [0.25, 0.3) is 0 Å². The molecule has 2 aliphatic rings. The van der Waals surface area contributed by atoms with Gasteiger partial charge in [-0.2, -0.15) is 0 Å². The molecule has 2 aliphatic heterocycles. The second-order valence-corrected chi connectivity index (χ2v) is 5.93. The van der Waals surface area contributed by atoms with Crippen LogP contribution < -0.4 is 0 Å². The number of carboxylic acids is 1. The van der Waals surface area contributed by atoms with Crippen molar-refractivity contribution < 1.29 is 19.8 Å². The minimum atomic E-state index is -1.04. The third-order valence-corrected chi connectivity index (χ3v) is 4.01. The summed E-state index contributed by atoms with van der Waals surface area (Å²) in [4.78, 5) is 28.9. The average Bonchev–Trinajstić information content (AvgIpc) is 2.94. The fourth-order valence-electron chi connectivity index (χ4n) is 3.12. The van der Waals surface area contributed by atoms with Crippen LogP contribution in [0.15, 0.2) is 0 Å². The molecule has 2 N–H and O–H groups in total. The smallest absolute Gasteiger partial charge is 0.326 e. The van der Waals surface area contributed by atoms with Gasteiger partial charge in [0.05, 0.1) is 6.10 Å². The van der Waals surface area contributed by atoms with Crippen molar-refractivity contribution in [3.8, 4) is 0 Å². The van der Waals surface area contributed by atoms with Crippen LogP contribution in [0.5, 0.6) is 0 Å². The fourth-order valence-corrected chi connectivity index (χ4v) is 3.12. The van der Waals surface area contributed by atoms with Crippen molar-refractivity contribution in [2.24, 2.45) is 0 Å². The van der Waals surface area contributed by atoms with Gasteiger partial charge in [0.1, 0.15) is 6.04 Å². The lowest BCUT2D eigenvalue weighted by Gasteiger charge is -2.32. The van der Waals surface area contributed by atoms with Crippen molar-refractivity contribution in [2.75, 3.05) is 33.7 Å². The summed E-state index contributed by atoms with van der Waals surface area (Å²) in [6.45, 7) is 1.55. The van der Waals surface area contributed by atoms with E-state index in [-0.39, 0.29) is 25.0 Å². The molecule has 7 heteroatoms. The van der Waals surface area contributed by atoms with E-state index in [1.165, 1.54) is 4.90 Å². The molecule has 0 aromatic rings. The number of carbonyl (C=O) groups is 2. The van der Waals surface area contributed by atoms with Gasteiger partial charge in [-0.25, -0.2) is 9.59 Å². The zero-order valence-electron chi connectivity index (χ0n) is 12.0. The summed E-state index contributed by atoms with van der Waals surface area (Å²) in [5, 5.41) is 18.8. The van der Waals surface area contributed by atoms with E-state index < -0.39 is 18.1 Å². The predicted molar refractivity (Wildman–Crippen MR) is 72.4 cm³/mol. The van der Waals surface area contributed by atoms with Crippen molar-refractivity contribution in [3.63, 3.8) is 0 Å². The van der Waals surface area contributed by atoms with Crippen LogP contribution >= 0.6 is 0 Å². The molecule has 2 heterocycles. The predicted octanol–water partition coefficient (Wildman–Crippen LogP) is -0.348. The summed E-state index contributed by atoms with van der Waals surface area (Å²) in [6.07, 6.45) is 1.26. The number of likely N-dealkylation sites (tertiary alicyclic amines) is 2. The molecule has 7 nitrogen and oxygen atoms in total. The van der Waals surface area contributed by atoms with Gasteiger partial charge in [-0.15, -0.1) is 0 Å². The van der Waals surface area contributed by atoms with Gasteiger partial charge in [0.2, 0.25) is 0 Å². The minimum absolute atomic E-state index is 0.112. The van der Waals surface area contributed by atoms with E-state index >= 15 is 0 Å². The topological polar surface area (TPSA) is 84.3 Å². The van der Waals surface area contributed by atoms with E-state index in [4.69, 9.17) is 0 Å². The molecule has 20 heavy (non-hydrogen) atoms. The Kier molecular flexibility index (Phi) is 4.49. The second-order valence-electron chi connectivity index (χ2n) is 5.93. The molecule has 2 rings (SSSR count). The van der Waals surface area contributed by atoms with Gasteiger partial charge in [-0.3, -0.25) is 0 Å². The van der Waals surface area contributed by atoms with Crippen molar-refractivity contribution in [2.45, 2.75) is 37.5 Å². The summed E-state index contributed by atoms with van der Waals surface area (Å²) >= 11 is 0. The lowest BCUT2D eigenvalue weighted by molar-refractivity contribution is -0.141. The van der Waals surface area contributed by atoms with E-state index in [0.717, 1.165) is 19.4 Å². The van der Waals surface area contributed by atoms with Crippen LogP contribution in [0, 0.1) is 0 Å². The molecule has 2 amide bonds. The Morgan fingerprint density at radius 2 is 2.00 bits per heavy atom. The third-order valence-electron chi connectivity index (χ3n) is 4.01. The highest BCUT2D eigenvalue weighted by Crippen LogP contribution is 2.25. The quantitative estimate of drug-likeness (QED) is 0.740. The summed E-state index contributed by atoms with van der Waals surface area (Å²) in [5.74, 6) is -1.04. The standard InChI is InChI=1S/C13H23N3O4/c1-14(2)7-9-4-3-5-15(9)13(20)16-8-10(17)6-11(16)12(18)19/h9-11,17H,3-8H2,1-2H3,(H,18,19)/t9?,10-,11-/m1/s1. The third kappa shape index (κ3) is 3.04. The van der Waals surface area contributed by atoms with Crippen LogP contribution in [0.1, 0.15) is 19.3 Å². The van der Waals surface area contributed by atoms with Crippen LogP contribution in [-0.4, -0.2) is 88.8 Å². The Hall–Kier alpha value is -1.34. The Bertz CT molecular complexity index is 388. The Labute approximate surface area is 118 Å². The van der Waals surface area contributed by atoms with Crippen LogP contribution in [-0.2, 0) is 4.79 Å². The molecule has 0 aromatic carbocycles. The summed E-state index contributed by atoms with van der Waals surface area (Å²) in [5.41, 5.74) is 0. The number of β-amino-alcohol motifs (C(OH)–C–C–N with tert-alkyl or cyclic N) is 1. The number of aliphatic carboxylic acids is 1. The van der Waals surface area contributed by atoms with Crippen molar-refractivity contribution in [3.05, 3.63) is 0 Å². The normalized spacial score (nSPS) is 30.3. The van der Waals surface area contributed by atoms with Crippen molar-refractivity contribution >= 4 is 12.0 Å². The number of hydrogen-bond donors (Lipinski definition) is 2. The first-order chi connectivity index (χ1) is 9.40. The molecule has 3 atom stereocenters. The van der Waals surface area contributed by atoms with Crippen molar-refractivity contribution in [1.29, 1.82) is 0 Å². The highest BCUT2D eigenvalue weighted by Gasteiger charge is 2.42. The van der Waals surface area contributed by atoms with Gasteiger partial charge in [0, 0.05) is 32.1 Å². The molecule has 114 valence electrons. The lowest BCUT2D eigenvalue weighted by Crippen LogP contribution is -2.51. The highest BCUT2D eigenvalue weighted by molar-refractivity contribution is 5.83. The number of hydrogen-bond acceptors (Lipinski definition) is 4. The first kappa shape index (κ1) is 15.1. The maximum Gasteiger partial charge on any atom is 0.326 e. The van der Waals surface area contributed by atoms with Gasteiger partial charge in [-0.1, -0.05) is 0 Å². The summed E-state index contributed by atoms with van der Waals surface area (Å²) < 4.78 is 0. The number of carboxylic acid groups (broad SMARTS) is 1. The lowest BCUT2D eigenvalue weighted by atomic mass is 10.2. The minimum Gasteiger partial charge on any atom is -0.480 e. The molecule has 0 saturated carbocycles. The van der Waals surface area contributed by atoms with Crippen LogP contribution in [0.3, 0.4) is 0 Å². The molecular formula is C13H23N3O4. The molecular weight excluding hydrogens is 262 g/mol. The number of rotatable bonds is 3. The Morgan fingerprint density at radius 3 is 2.60 bits per heavy atom. The van der Waals surface area contributed by atoms with E-state index in [1.54, 1.807) is 4.90 Å². The van der Waals surface area contributed by atoms with Gasteiger partial charge < -0.3 is 24.9 Å². The monoisotopic (exact) mass is 285 g/mol. The Balaban J connectivity index is 2.07. The zero-order chi connectivity index (χ0) is 14.9. The zero-order valence-corrected chi connectivity index (χ0v) is 12.0. The number of amides is 2. The average molecular weight is 285 g/mol. The SMILES string of the molecule is CN(C)CC1CCCN1C(=O)N1C[C@H](O)C[C@@H]1C(=O)O. The second kappa shape index (κ2) is 5.97. The maximum atomic E-state index is 12.6. The van der Waals surface area contributed by atoms with E-state index in [2.05, 4.69) is 0 Å². The van der Waals surface area contributed by atoms with Crippen LogP contribution in [0.25, 0.3) is 0 Å². The highest BCUT2D eigenvalue weighted by atomic mass is 16.4. The van der Waals surface area contributed by atoms with E-state index in [1.807, 2.05) is 19.0 Å².